The summed E-state index contributed by atoms with van der Waals surface area (Å²) in [6, 6.07) is 1.56. The second-order valence-corrected chi connectivity index (χ2v) is 8.96. The van der Waals surface area contributed by atoms with Crippen LogP contribution in [0.1, 0.15) is 25.7 Å². The van der Waals surface area contributed by atoms with Gasteiger partial charge in [0.2, 0.25) is 17.6 Å². The molecule has 1 fully saturated rings. The Bertz CT molecular complexity index is 859. The molecule has 0 unspecified atom stereocenters. The lowest BCUT2D eigenvalue weighted by atomic mass is 9.99. The van der Waals surface area contributed by atoms with Crippen molar-refractivity contribution in [3.8, 4) is 11.4 Å². The molecule has 0 saturated carbocycles. The van der Waals surface area contributed by atoms with Gasteiger partial charge >= 0.3 is 0 Å². The summed E-state index contributed by atoms with van der Waals surface area (Å²) in [5.41, 5.74) is 0.609. The first-order chi connectivity index (χ1) is 11.9. The molecule has 2 aromatic rings. The van der Waals surface area contributed by atoms with Gasteiger partial charge in [-0.2, -0.15) is 9.29 Å². The molecule has 1 atom stereocenters. The molecule has 1 N–H and O–H groups in total. The smallest absolute Gasteiger partial charge is 0.252 e. The Balaban J connectivity index is 1.79. The van der Waals surface area contributed by atoms with Gasteiger partial charge in [-0.15, -0.1) is 11.3 Å². The molecule has 0 spiro atoms. The van der Waals surface area contributed by atoms with Crippen LogP contribution in [-0.4, -0.2) is 48.4 Å². The Morgan fingerprint density at radius 2 is 2.32 bits per heavy atom. The van der Waals surface area contributed by atoms with E-state index in [1.807, 2.05) is 6.92 Å². The van der Waals surface area contributed by atoms with Crippen molar-refractivity contribution in [1.82, 2.24) is 19.8 Å². The average Bonchev–Trinajstić information content (AvgIpc) is 3.24. The van der Waals surface area contributed by atoms with Gasteiger partial charge in [0.1, 0.15) is 4.21 Å². The number of aryl methyl sites for hydroxylation is 1. The largest absolute Gasteiger partial charge is 0.356 e. The van der Waals surface area contributed by atoms with Crippen LogP contribution in [0, 0.1) is 12.8 Å². The van der Waals surface area contributed by atoms with Gasteiger partial charge in [0.05, 0.1) is 5.92 Å². The van der Waals surface area contributed by atoms with E-state index in [0.29, 0.717) is 43.2 Å². The Kier molecular flexibility index (Phi) is 5.21. The lowest BCUT2D eigenvalue weighted by Crippen LogP contribution is -2.45. The van der Waals surface area contributed by atoms with E-state index >= 15 is 0 Å². The zero-order valence-electron chi connectivity index (χ0n) is 14.1. The molecule has 25 heavy (non-hydrogen) atoms. The normalized spacial score (nSPS) is 19.0. The minimum absolute atomic E-state index is 0.0865. The second kappa shape index (κ2) is 7.22. The Morgan fingerprint density at radius 1 is 1.52 bits per heavy atom. The third-order valence-corrected chi connectivity index (χ3v) is 7.34. The van der Waals surface area contributed by atoms with Crippen molar-refractivity contribution in [3.63, 3.8) is 0 Å². The summed E-state index contributed by atoms with van der Waals surface area (Å²) in [5, 5.41) is 8.28. The summed E-state index contributed by atoms with van der Waals surface area (Å²) >= 11 is 1.12. The molecule has 0 aliphatic carbocycles. The molecule has 0 bridgehead atoms. The van der Waals surface area contributed by atoms with Crippen molar-refractivity contribution in [2.24, 2.45) is 5.92 Å². The van der Waals surface area contributed by atoms with Crippen molar-refractivity contribution >= 4 is 27.3 Å². The average molecular weight is 384 g/mol. The van der Waals surface area contributed by atoms with E-state index in [9.17, 15) is 13.2 Å². The number of carbonyl (C=O) groups is 1. The van der Waals surface area contributed by atoms with Crippen LogP contribution >= 0.6 is 11.3 Å². The summed E-state index contributed by atoms with van der Waals surface area (Å²) in [7, 11) is -3.64. The third-order valence-electron chi connectivity index (χ3n) is 4.06. The SMILES string of the molecule is CCNC(=O)[C@@H]1CCCN(S(=O)(=O)c2cc(-c3noc(C)n3)cs2)C1. The van der Waals surface area contributed by atoms with Crippen LogP contribution in [0.4, 0.5) is 0 Å². The van der Waals surface area contributed by atoms with Gasteiger partial charge in [0.25, 0.3) is 10.0 Å². The summed E-state index contributed by atoms with van der Waals surface area (Å²) in [5.74, 6) is 0.403. The van der Waals surface area contributed by atoms with Gasteiger partial charge in [0.15, 0.2) is 0 Å². The first kappa shape index (κ1) is 18.0. The van der Waals surface area contributed by atoms with Crippen LogP contribution in [0.15, 0.2) is 20.2 Å². The molecule has 0 aromatic carbocycles. The number of aromatic nitrogens is 2. The summed E-state index contributed by atoms with van der Waals surface area (Å²) in [4.78, 5) is 16.2. The van der Waals surface area contributed by atoms with Gasteiger partial charge in [0, 0.05) is 37.5 Å². The number of sulfonamides is 1. The fraction of sp³-hybridized carbons (Fsp3) is 0.533. The Hall–Kier alpha value is -1.78. The molecular weight excluding hydrogens is 364 g/mol. The van der Waals surface area contributed by atoms with Gasteiger partial charge in [-0.3, -0.25) is 4.79 Å². The van der Waals surface area contributed by atoms with E-state index in [-0.39, 0.29) is 22.6 Å². The predicted molar refractivity (Wildman–Crippen MR) is 92.5 cm³/mol. The summed E-state index contributed by atoms with van der Waals surface area (Å²) in [6.07, 6.45) is 1.37. The van der Waals surface area contributed by atoms with Crippen LogP contribution in [0.5, 0.6) is 0 Å². The maximum Gasteiger partial charge on any atom is 0.252 e. The van der Waals surface area contributed by atoms with E-state index < -0.39 is 10.0 Å². The number of nitrogens with zero attached hydrogens (tertiary/aromatic N) is 3. The first-order valence-corrected chi connectivity index (χ1v) is 10.4. The fourth-order valence-corrected chi connectivity index (χ4v) is 5.64. The molecule has 1 saturated heterocycles. The first-order valence-electron chi connectivity index (χ1n) is 8.09. The van der Waals surface area contributed by atoms with Crippen molar-refractivity contribution in [3.05, 3.63) is 17.3 Å². The Morgan fingerprint density at radius 3 is 3.00 bits per heavy atom. The lowest BCUT2D eigenvalue weighted by molar-refractivity contribution is -0.125. The van der Waals surface area contributed by atoms with Crippen LogP contribution in [0.2, 0.25) is 0 Å². The van der Waals surface area contributed by atoms with E-state index in [1.165, 1.54) is 4.31 Å². The number of hydrogen-bond donors (Lipinski definition) is 1. The molecule has 136 valence electrons. The van der Waals surface area contributed by atoms with Crippen LogP contribution in [0.3, 0.4) is 0 Å². The second-order valence-electron chi connectivity index (χ2n) is 5.89. The number of carbonyl (C=O) groups excluding carboxylic acids is 1. The molecule has 10 heteroatoms. The fourth-order valence-electron chi connectivity index (χ4n) is 2.81. The molecule has 0 radical (unpaired) electrons. The van der Waals surface area contributed by atoms with E-state index in [1.54, 1.807) is 18.4 Å². The van der Waals surface area contributed by atoms with E-state index in [4.69, 9.17) is 4.52 Å². The number of nitrogens with one attached hydrogen (secondary N) is 1. The number of piperidine rings is 1. The Labute approximate surface area is 150 Å². The number of rotatable bonds is 5. The lowest BCUT2D eigenvalue weighted by Gasteiger charge is -2.30. The molecule has 1 aliphatic heterocycles. The van der Waals surface area contributed by atoms with Crippen molar-refractivity contribution in [2.45, 2.75) is 30.9 Å². The molecular formula is C15H20N4O4S2. The van der Waals surface area contributed by atoms with Gasteiger partial charge in [-0.25, -0.2) is 8.42 Å². The molecule has 1 aliphatic rings. The minimum Gasteiger partial charge on any atom is -0.356 e. The monoisotopic (exact) mass is 384 g/mol. The highest BCUT2D eigenvalue weighted by Gasteiger charge is 2.34. The van der Waals surface area contributed by atoms with Gasteiger partial charge in [-0.05, 0) is 25.8 Å². The quantitative estimate of drug-likeness (QED) is 0.840. The molecule has 2 aromatic heterocycles. The van der Waals surface area contributed by atoms with Crippen molar-refractivity contribution in [2.75, 3.05) is 19.6 Å². The van der Waals surface area contributed by atoms with E-state index in [2.05, 4.69) is 15.5 Å². The summed E-state index contributed by atoms with van der Waals surface area (Å²) < 4.78 is 32.4. The topological polar surface area (TPSA) is 105 Å². The molecule has 1 amide bonds. The van der Waals surface area contributed by atoms with Gasteiger partial charge < -0.3 is 9.84 Å². The molecule has 3 rings (SSSR count). The van der Waals surface area contributed by atoms with Gasteiger partial charge in [-0.1, -0.05) is 5.16 Å². The zero-order chi connectivity index (χ0) is 18.0. The minimum atomic E-state index is -3.64. The number of thiophene rings is 1. The zero-order valence-corrected chi connectivity index (χ0v) is 15.7. The van der Waals surface area contributed by atoms with Crippen LogP contribution in [0.25, 0.3) is 11.4 Å². The predicted octanol–water partition coefficient (Wildman–Crippen LogP) is 1.64. The van der Waals surface area contributed by atoms with E-state index in [0.717, 1.165) is 11.3 Å². The van der Waals surface area contributed by atoms with Crippen molar-refractivity contribution < 1.29 is 17.7 Å². The standard InChI is InChI=1S/C15H20N4O4S2/c1-3-16-15(20)11-5-4-6-19(8-11)25(21,22)13-7-12(9-24-13)14-17-10(2)23-18-14/h7,9,11H,3-6,8H2,1-2H3,(H,16,20)/t11-/m1/s1. The van der Waals surface area contributed by atoms with Crippen LogP contribution < -0.4 is 5.32 Å². The maximum atomic E-state index is 12.9. The summed E-state index contributed by atoms with van der Waals surface area (Å²) in [6.45, 7) is 4.70. The molecule has 8 nitrogen and oxygen atoms in total. The molecule has 3 heterocycles. The third kappa shape index (κ3) is 3.75. The number of hydrogen-bond acceptors (Lipinski definition) is 7. The highest BCUT2D eigenvalue weighted by Crippen LogP contribution is 2.31. The van der Waals surface area contributed by atoms with Crippen molar-refractivity contribution in [1.29, 1.82) is 0 Å². The van der Waals surface area contributed by atoms with Crippen LogP contribution in [-0.2, 0) is 14.8 Å². The number of amides is 1. The maximum absolute atomic E-state index is 12.9. The highest BCUT2D eigenvalue weighted by atomic mass is 32.2. The highest BCUT2D eigenvalue weighted by molar-refractivity contribution is 7.91.